The topological polar surface area (TPSA) is 59.4 Å². The van der Waals surface area contributed by atoms with Gasteiger partial charge in [0.25, 0.3) is 0 Å². The average Bonchev–Trinajstić information content (AvgIpc) is 2.29. The summed E-state index contributed by atoms with van der Waals surface area (Å²) in [5, 5.41) is 9.52. The molecule has 0 aliphatic heterocycles. The Morgan fingerprint density at radius 1 is 1.56 bits per heavy atom. The molecule has 0 saturated heterocycles. The fourth-order valence-corrected chi connectivity index (χ4v) is 2.17. The Hall–Kier alpha value is -1.07. The molecular formula is C11H15NO3S. The molecule has 16 heavy (non-hydrogen) atoms. The number of carbonyl (C=O) groups is 1. The zero-order valence-corrected chi connectivity index (χ0v) is 10.00. The summed E-state index contributed by atoms with van der Waals surface area (Å²) in [5.74, 6) is -0.0619. The summed E-state index contributed by atoms with van der Waals surface area (Å²) < 4.78 is 4.94. The van der Waals surface area contributed by atoms with Crippen molar-refractivity contribution < 1.29 is 14.6 Å². The molecule has 0 spiro atoms. The van der Waals surface area contributed by atoms with Crippen molar-refractivity contribution in [1.82, 2.24) is 4.98 Å². The van der Waals surface area contributed by atoms with Crippen LogP contribution in [0.15, 0.2) is 23.4 Å². The lowest BCUT2D eigenvalue weighted by molar-refractivity contribution is 0.0692. The Bertz CT molecular complexity index is 344. The van der Waals surface area contributed by atoms with Crippen molar-refractivity contribution in [2.45, 2.75) is 17.9 Å². The number of carboxylic acids is 1. The highest BCUT2D eigenvalue weighted by atomic mass is 32.2. The van der Waals surface area contributed by atoms with Crippen LogP contribution in [0.1, 0.15) is 23.2 Å². The quantitative estimate of drug-likeness (QED) is 0.586. The van der Waals surface area contributed by atoms with Crippen LogP contribution in [0.5, 0.6) is 0 Å². The number of ether oxygens (including phenoxy) is 1. The Kier molecular flexibility index (Phi) is 5.88. The lowest BCUT2D eigenvalue weighted by Gasteiger charge is -2.03. The van der Waals surface area contributed by atoms with Gasteiger partial charge < -0.3 is 9.84 Å². The second kappa shape index (κ2) is 7.24. The number of hydrogen-bond acceptors (Lipinski definition) is 4. The number of methoxy groups -OCH3 is 1. The number of pyridine rings is 1. The van der Waals surface area contributed by atoms with E-state index in [1.165, 1.54) is 11.8 Å². The molecule has 0 fully saturated rings. The van der Waals surface area contributed by atoms with Crippen LogP contribution in [0.2, 0.25) is 0 Å². The lowest BCUT2D eigenvalue weighted by Crippen LogP contribution is -2.00. The standard InChI is InChI=1S/C11H15NO3S/c1-15-7-2-3-8-16-10-9(11(13)14)5-4-6-12-10/h4-6H,2-3,7-8H2,1H3,(H,13,14). The van der Waals surface area contributed by atoms with Gasteiger partial charge in [0, 0.05) is 19.9 Å². The zero-order chi connectivity index (χ0) is 11.8. The molecule has 1 heterocycles. The maximum atomic E-state index is 10.9. The van der Waals surface area contributed by atoms with E-state index < -0.39 is 5.97 Å². The average molecular weight is 241 g/mol. The number of hydrogen-bond donors (Lipinski definition) is 1. The highest BCUT2D eigenvalue weighted by Crippen LogP contribution is 2.20. The predicted octanol–water partition coefficient (Wildman–Crippen LogP) is 2.30. The molecule has 0 aliphatic carbocycles. The lowest BCUT2D eigenvalue weighted by atomic mass is 10.3. The number of aromatic carboxylic acids is 1. The van der Waals surface area contributed by atoms with Gasteiger partial charge in [-0.05, 0) is 30.7 Å². The fourth-order valence-electron chi connectivity index (χ4n) is 1.19. The van der Waals surface area contributed by atoms with E-state index in [0.29, 0.717) is 5.03 Å². The van der Waals surface area contributed by atoms with Gasteiger partial charge in [0.2, 0.25) is 0 Å². The van der Waals surface area contributed by atoms with Gasteiger partial charge in [-0.15, -0.1) is 11.8 Å². The van der Waals surface area contributed by atoms with Gasteiger partial charge in [-0.1, -0.05) is 0 Å². The molecule has 1 N–H and O–H groups in total. The molecular weight excluding hydrogens is 226 g/mol. The maximum absolute atomic E-state index is 10.9. The first-order valence-corrected chi connectivity index (χ1v) is 6.04. The van der Waals surface area contributed by atoms with Crippen molar-refractivity contribution in [2.24, 2.45) is 0 Å². The summed E-state index contributed by atoms with van der Waals surface area (Å²) in [6, 6.07) is 3.21. The van der Waals surface area contributed by atoms with E-state index in [-0.39, 0.29) is 5.56 Å². The van der Waals surface area contributed by atoms with Crippen LogP contribution in [0.4, 0.5) is 0 Å². The summed E-state index contributed by atoms with van der Waals surface area (Å²) in [4.78, 5) is 15.0. The third kappa shape index (κ3) is 4.20. The van der Waals surface area contributed by atoms with E-state index in [9.17, 15) is 4.79 Å². The van der Waals surface area contributed by atoms with Crippen molar-refractivity contribution in [3.05, 3.63) is 23.9 Å². The minimum Gasteiger partial charge on any atom is -0.478 e. The van der Waals surface area contributed by atoms with Gasteiger partial charge in [0.15, 0.2) is 0 Å². The van der Waals surface area contributed by atoms with Crippen molar-refractivity contribution >= 4 is 17.7 Å². The van der Waals surface area contributed by atoms with Crippen molar-refractivity contribution in [1.29, 1.82) is 0 Å². The Morgan fingerprint density at radius 2 is 2.38 bits per heavy atom. The van der Waals surface area contributed by atoms with Crippen LogP contribution in [0.25, 0.3) is 0 Å². The van der Waals surface area contributed by atoms with Gasteiger partial charge in [-0.3, -0.25) is 0 Å². The van der Waals surface area contributed by atoms with Gasteiger partial charge in [0.05, 0.1) is 5.56 Å². The second-order valence-electron chi connectivity index (χ2n) is 3.21. The van der Waals surface area contributed by atoms with Gasteiger partial charge in [-0.2, -0.15) is 0 Å². The van der Waals surface area contributed by atoms with Crippen molar-refractivity contribution in [2.75, 3.05) is 19.5 Å². The molecule has 1 aromatic rings. The SMILES string of the molecule is COCCCCSc1ncccc1C(=O)O. The number of aromatic nitrogens is 1. The van der Waals surface area contributed by atoms with Gasteiger partial charge >= 0.3 is 5.97 Å². The van der Waals surface area contributed by atoms with E-state index in [1.807, 2.05) is 0 Å². The third-order valence-electron chi connectivity index (χ3n) is 1.98. The zero-order valence-electron chi connectivity index (χ0n) is 9.18. The monoisotopic (exact) mass is 241 g/mol. The highest BCUT2D eigenvalue weighted by molar-refractivity contribution is 7.99. The van der Waals surface area contributed by atoms with E-state index >= 15 is 0 Å². The molecule has 0 bridgehead atoms. The molecule has 4 nitrogen and oxygen atoms in total. The minimum absolute atomic E-state index is 0.277. The normalized spacial score (nSPS) is 10.3. The molecule has 0 aliphatic rings. The van der Waals surface area contributed by atoms with Crippen molar-refractivity contribution in [3.63, 3.8) is 0 Å². The largest absolute Gasteiger partial charge is 0.478 e. The number of thioether (sulfide) groups is 1. The molecule has 5 heteroatoms. The van der Waals surface area contributed by atoms with E-state index in [0.717, 1.165) is 25.2 Å². The fraction of sp³-hybridized carbons (Fsp3) is 0.455. The van der Waals surface area contributed by atoms with Crippen LogP contribution >= 0.6 is 11.8 Å². The van der Waals surface area contributed by atoms with Gasteiger partial charge in [-0.25, -0.2) is 9.78 Å². The first-order valence-electron chi connectivity index (χ1n) is 5.05. The minimum atomic E-state index is -0.924. The second-order valence-corrected chi connectivity index (χ2v) is 4.29. The van der Waals surface area contributed by atoms with Crippen LogP contribution in [-0.4, -0.2) is 35.5 Å². The highest BCUT2D eigenvalue weighted by Gasteiger charge is 2.10. The van der Waals surface area contributed by atoms with E-state index in [4.69, 9.17) is 9.84 Å². The molecule has 88 valence electrons. The van der Waals surface area contributed by atoms with E-state index in [1.54, 1.807) is 25.4 Å². The van der Waals surface area contributed by atoms with Crippen LogP contribution < -0.4 is 0 Å². The summed E-state index contributed by atoms with van der Waals surface area (Å²) in [6.07, 6.45) is 3.59. The molecule has 0 radical (unpaired) electrons. The molecule has 0 unspecified atom stereocenters. The Morgan fingerprint density at radius 3 is 3.06 bits per heavy atom. The Labute approximate surface area is 99.0 Å². The van der Waals surface area contributed by atoms with Gasteiger partial charge in [0.1, 0.15) is 5.03 Å². The number of rotatable bonds is 7. The van der Waals surface area contributed by atoms with Crippen LogP contribution in [0, 0.1) is 0 Å². The number of unbranched alkanes of at least 4 members (excludes halogenated alkanes) is 1. The van der Waals surface area contributed by atoms with E-state index in [2.05, 4.69) is 4.98 Å². The van der Waals surface area contributed by atoms with Crippen molar-refractivity contribution in [3.8, 4) is 0 Å². The first kappa shape index (κ1) is 13.0. The molecule has 0 aromatic carbocycles. The first-order chi connectivity index (χ1) is 7.75. The van der Waals surface area contributed by atoms with Crippen LogP contribution in [-0.2, 0) is 4.74 Å². The molecule has 0 amide bonds. The molecule has 1 aromatic heterocycles. The third-order valence-corrected chi connectivity index (χ3v) is 3.07. The summed E-state index contributed by atoms with van der Waals surface area (Å²) >= 11 is 1.48. The van der Waals surface area contributed by atoms with Crippen LogP contribution in [0.3, 0.4) is 0 Å². The number of nitrogens with zero attached hydrogens (tertiary/aromatic N) is 1. The smallest absolute Gasteiger partial charge is 0.338 e. The summed E-state index contributed by atoms with van der Waals surface area (Å²) in [7, 11) is 1.68. The molecule has 0 atom stereocenters. The predicted molar refractivity (Wildman–Crippen MR) is 63.0 cm³/mol. The summed E-state index contributed by atoms with van der Waals surface area (Å²) in [5.41, 5.74) is 0.277. The summed E-state index contributed by atoms with van der Waals surface area (Å²) in [6.45, 7) is 0.745. The maximum Gasteiger partial charge on any atom is 0.338 e. The molecule has 1 rings (SSSR count). The Balaban J connectivity index is 2.44. The number of carboxylic acid groups (broad SMARTS) is 1. The molecule has 0 saturated carbocycles.